The van der Waals surface area contributed by atoms with E-state index in [4.69, 9.17) is 28.7 Å². The third-order valence-electron chi connectivity index (χ3n) is 11.4. The smallest absolute Gasteiger partial charge is 0.243 e. The maximum atomic E-state index is 14.4. The number of aliphatic hydroxyl groups is 1. The third kappa shape index (κ3) is 24.1. The molecule has 1 heterocycles. The fourth-order valence-corrected chi connectivity index (χ4v) is 7.93. The first-order valence-corrected chi connectivity index (χ1v) is 25.6. The van der Waals surface area contributed by atoms with Crippen LogP contribution in [0.25, 0.3) is 0 Å². The minimum Gasteiger partial charge on any atom is -0.394 e. The summed E-state index contributed by atoms with van der Waals surface area (Å²) in [6.45, 7) is 1.76. The number of unbranched alkanes of at least 4 members (excludes halogenated alkanes) is 1. The van der Waals surface area contributed by atoms with E-state index in [-0.39, 0.29) is 69.1 Å². The maximum Gasteiger partial charge on any atom is 0.243 e. The van der Waals surface area contributed by atoms with Crippen LogP contribution in [0.3, 0.4) is 0 Å². The number of amides is 9. The van der Waals surface area contributed by atoms with E-state index in [1.54, 1.807) is 60.7 Å². The number of aromatic amines is 1. The Kier molecular flexibility index (Phi) is 27.9. The van der Waals surface area contributed by atoms with Gasteiger partial charge in [0.05, 0.1) is 25.5 Å². The van der Waals surface area contributed by atoms with Gasteiger partial charge in [0.1, 0.15) is 42.3 Å². The van der Waals surface area contributed by atoms with Gasteiger partial charge in [-0.1, -0.05) is 48.5 Å². The maximum absolute atomic E-state index is 14.4. The average molecular weight is 1090 g/mol. The van der Waals surface area contributed by atoms with Crippen molar-refractivity contribution < 1.29 is 53.1 Å². The highest BCUT2D eigenvalue weighted by Crippen LogP contribution is 2.19. The molecule has 0 aliphatic rings. The largest absolute Gasteiger partial charge is 0.394 e. The number of H-pyrrole nitrogens is 1. The summed E-state index contributed by atoms with van der Waals surface area (Å²) >= 11 is 0.945. The molecule has 3 rings (SSSR count). The summed E-state index contributed by atoms with van der Waals surface area (Å²) in [6, 6.07) is 6.93. The quantitative estimate of drug-likeness (QED) is 0.0117. The van der Waals surface area contributed by atoms with Gasteiger partial charge in [0.15, 0.2) is 5.96 Å². The lowest BCUT2D eigenvalue weighted by Gasteiger charge is -2.27. The third-order valence-corrected chi connectivity index (χ3v) is 12.5. The van der Waals surface area contributed by atoms with Crippen LogP contribution in [-0.2, 0) is 60.8 Å². The van der Waals surface area contributed by atoms with Crippen molar-refractivity contribution >= 4 is 76.0 Å². The number of carbonyl (C=O) groups excluding carboxylic acids is 10. The number of hydrogen-bond acceptors (Lipinski definition) is 16. The lowest BCUT2D eigenvalue weighted by atomic mass is 10.0. The molecule has 0 unspecified atom stereocenters. The number of aliphatic imine (C=N–C) groups is 1. The van der Waals surface area contributed by atoms with E-state index in [9.17, 15) is 53.1 Å². The van der Waals surface area contributed by atoms with Gasteiger partial charge in [0, 0.05) is 42.6 Å². The molecule has 0 bridgehead atoms. The Morgan fingerprint density at radius 2 is 1.18 bits per heavy atom. The van der Waals surface area contributed by atoms with Crippen LogP contribution in [0, 0.1) is 0 Å². The summed E-state index contributed by atoms with van der Waals surface area (Å²) in [5.41, 5.74) is 28.7. The number of imidazole rings is 1. The summed E-state index contributed by atoms with van der Waals surface area (Å²) < 4.78 is 0. The highest BCUT2D eigenvalue weighted by atomic mass is 32.2. The van der Waals surface area contributed by atoms with Gasteiger partial charge in [-0.2, -0.15) is 0 Å². The molecule has 77 heavy (non-hydrogen) atoms. The van der Waals surface area contributed by atoms with Crippen molar-refractivity contribution in [1.82, 2.24) is 52.5 Å². The molecular formula is C49H72N16O11S. The zero-order valence-corrected chi connectivity index (χ0v) is 43.8. The van der Waals surface area contributed by atoms with E-state index in [2.05, 4.69) is 57.5 Å². The predicted molar refractivity (Wildman–Crippen MR) is 284 cm³/mol. The Labute approximate surface area is 449 Å². The number of aliphatic hydroxyl groups excluding tert-OH is 1. The molecule has 3 aromatic rings. The predicted octanol–water partition coefficient (Wildman–Crippen LogP) is -4.17. The number of guanidine groups is 1. The lowest BCUT2D eigenvalue weighted by molar-refractivity contribution is -0.136. The molecule has 0 saturated heterocycles. The van der Waals surface area contributed by atoms with Crippen molar-refractivity contribution in [2.45, 2.75) is 125 Å². The van der Waals surface area contributed by atoms with Crippen LogP contribution >= 0.6 is 11.8 Å². The van der Waals surface area contributed by atoms with E-state index < -0.39 is 115 Å². The van der Waals surface area contributed by atoms with E-state index in [1.807, 2.05) is 0 Å². The van der Waals surface area contributed by atoms with Crippen molar-refractivity contribution in [1.29, 1.82) is 0 Å². The van der Waals surface area contributed by atoms with Crippen LogP contribution in [-0.4, -0.2) is 154 Å². The number of rotatable bonds is 34. The number of nitrogens with two attached hydrogens (primary N) is 5. The SMILES string of the molecule is C[C@H](NC(=O)[C@@H](N)CO)C(=O)N[C@@H](CCC(N)=O)C(=O)N[C@@H](CCCCN)C(=O)N[C@@H](CCCN=C(N)N)C(=O)N[C@@H](Cc1cnc[nH]1)C(=O)N[C@@H](Cc1ccccc1)C(=O)NCC(=O)N[C@@H](C)C(=O)Sc1ccccc1. The monoisotopic (exact) mass is 1090 g/mol. The van der Waals surface area contributed by atoms with Gasteiger partial charge in [0.25, 0.3) is 0 Å². The number of primary amides is 1. The fourth-order valence-electron chi connectivity index (χ4n) is 7.16. The standard InChI is InChI=1S/C49H72N16O11S/c1-28(60-42(70)33(51)26-66)41(69)61-36(18-19-39(52)67)46(74)62-34(16-9-10-20-50)44(72)63-35(17-11-21-56-49(53)54)45(73)65-38(23-31-24-55-27-58-31)47(75)64-37(22-30-12-5-3-6-13-30)43(71)57-25-40(68)59-29(2)48(76)77-32-14-7-4-8-15-32/h3-8,12-15,24,27-29,33-38,66H,9-11,16-23,25-26,50-51H2,1-2H3,(H2,52,67)(H,55,58)(H,57,71)(H,59,68)(H,60,70)(H,61,69)(H,62,74)(H,63,72)(H,64,75)(H,65,73)(H4,53,54,56)/t28-,29-,33-,34-,35-,36-,37-,38-/m0/s1. The number of aromatic nitrogens is 2. The first-order valence-electron chi connectivity index (χ1n) is 24.8. The van der Waals surface area contributed by atoms with Crippen LogP contribution in [0.15, 0.2) is 83.1 Å². The first-order chi connectivity index (χ1) is 36.7. The van der Waals surface area contributed by atoms with Crippen LogP contribution in [0.5, 0.6) is 0 Å². The molecule has 1 aromatic heterocycles. The number of thioether (sulfide) groups is 1. The fraction of sp³-hybridized carbons (Fsp3) is 0.469. The second kappa shape index (κ2) is 33.9. The van der Waals surface area contributed by atoms with Gasteiger partial charge in [-0.05, 0) is 88.4 Å². The van der Waals surface area contributed by atoms with Gasteiger partial charge in [-0.25, -0.2) is 4.98 Å². The number of nitrogens with one attached hydrogen (secondary N) is 9. The minimum absolute atomic E-state index is 0.0128. The van der Waals surface area contributed by atoms with Crippen LogP contribution < -0.4 is 71.2 Å². The Morgan fingerprint density at radius 3 is 1.74 bits per heavy atom. The molecule has 20 N–H and O–H groups in total. The Bertz CT molecular complexity index is 2450. The molecule has 0 spiro atoms. The topological polar surface area (TPSA) is 458 Å². The summed E-state index contributed by atoms with van der Waals surface area (Å²) in [4.78, 5) is 145. The van der Waals surface area contributed by atoms with Crippen molar-refractivity contribution in [3.05, 3.63) is 84.4 Å². The van der Waals surface area contributed by atoms with E-state index in [0.717, 1.165) is 11.8 Å². The van der Waals surface area contributed by atoms with Crippen molar-refractivity contribution in [2.24, 2.45) is 33.7 Å². The molecule has 8 atom stereocenters. The Balaban J connectivity index is 1.89. The molecule has 27 nitrogen and oxygen atoms in total. The highest BCUT2D eigenvalue weighted by Gasteiger charge is 2.34. The second-order valence-electron chi connectivity index (χ2n) is 17.8. The summed E-state index contributed by atoms with van der Waals surface area (Å²) in [6.07, 6.45) is 2.47. The number of benzene rings is 2. The number of carbonyl (C=O) groups is 10. The van der Waals surface area contributed by atoms with Gasteiger partial charge in [-0.3, -0.25) is 52.9 Å². The van der Waals surface area contributed by atoms with E-state index in [1.165, 1.54) is 26.4 Å². The molecule has 0 saturated carbocycles. The number of hydrogen-bond donors (Lipinski definition) is 15. The molecule has 420 valence electrons. The van der Waals surface area contributed by atoms with Gasteiger partial charge in [0.2, 0.25) is 58.3 Å². The van der Waals surface area contributed by atoms with Crippen molar-refractivity contribution in [3.63, 3.8) is 0 Å². The van der Waals surface area contributed by atoms with Gasteiger partial charge >= 0.3 is 0 Å². The molecule has 0 aliphatic heterocycles. The zero-order chi connectivity index (χ0) is 56.9. The van der Waals surface area contributed by atoms with Gasteiger partial charge in [-0.15, -0.1) is 0 Å². The van der Waals surface area contributed by atoms with Crippen molar-refractivity contribution in [3.8, 4) is 0 Å². The molecule has 9 amide bonds. The lowest BCUT2D eigenvalue weighted by Crippen LogP contribution is -2.60. The van der Waals surface area contributed by atoms with E-state index in [0.29, 0.717) is 29.0 Å². The van der Waals surface area contributed by atoms with E-state index >= 15 is 0 Å². The van der Waals surface area contributed by atoms with Gasteiger partial charge < -0.3 is 81.3 Å². The van der Waals surface area contributed by atoms with Crippen LogP contribution in [0.1, 0.15) is 70.1 Å². The molecule has 28 heteroatoms. The zero-order valence-electron chi connectivity index (χ0n) is 43.0. The summed E-state index contributed by atoms with van der Waals surface area (Å²) in [5, 5.41) is 29.3. The molecule has 0 fully saturated rings. The van der Waals surface area contributed by atoms with Crippen LogP contribution in [0.2, 0.25) is 0 Å². The van der Waals surface area contributed by atoms with Crippen molar-refractivity contribution in [2.75, 3.05) is 26.2 Å². The number of nitrogens with zero attached hydrogens (tertiary/aromatic N) is 2. The Hall–Kier alpha value is -7.95. The van der Waals surface area contributed by atoms with Crippen LogP contribution in [0.4, 0.5) is 0 Å². The summed E-state index contributed by atoms with van der Waals surface area (Å²) in [5.74, 6) is -7.77. The Morgan fingerprint density at radius 1 is 0.636 bits per heavy atom. The highest BCUT2D eigenvalue weighted by molar-refractivity contribution is 8.13. The molecule has 0 aliphatic carbocycles. The second-order valence-corrected chi connectivity index (χ2v) is 18.9. The molecule has 0 radical (unpaired) electrons. The minimum atomic E-state index is -1.47. The molecule has 2 aromatic carbocycles. The summed E-state index contributed by atoms with van der Waals surface area (Å²) in [7, 11) is 0. The average Bonchev–Trinajstić information content (AvgIpc) is 3.92. The first kappa shape index (κ1) is 63.3. The molecular weight excluding hydrogens is 1020 g/mol. The normalized spacial score (nSPS) is 14.0.